The zero-order valence-corrected chi connectivity index (χ0v) is 14.4. The molecule has 3 rings (SSSR count). The van der Waals surface area contributed by atoms with Gasteiger partial charge in [-0.05, 0) is 23.1 Å². The molecule has 0 aromatic heterocycles. The van der Waals surface area contributed by atoms with Gasteiger partial charge in [-0.25, -0.2) is 0 Å². The molecular formula is C20H26N2O2. The number of carbonyl (C=O) groups is 2. The summed E-state index contributed by atoms with van der Waals surface area (Å²) in [5.74, 6) is -0.0675. The summed E-state index contributed by atoms with van der Waals surface area (Å²) in [6.45, 7) is 4.89. The summed E-state index contributed by atoms with van der Waals surface area (Å²) in [7, 11) is 0. The molecule has 24 heavy (non-hydrogen) atoms. The highest BCUT2D eigenvalue weighted by atomic mass is 16.2. The molecule has 0 aliphatic carbocycles. The first-order valence-corrected chi connectivity index (χ1v) is 8.34. The van der Waals surface area contributed by atoms with E-state index in [4.69, 9.17) is 5.73 Å². The van der Waals surface area contributed by atoms with Crippen LogP contribution in [0.2, 0.25) is 0 Å². The smallest absolute Gasteiger partial charge is 0.221 e. The second kappa shape index (κ2) is 11.0. The fourth-order valence-corrected chi connectivity index (χ4v) is 1.99. The van der Waals surface area contributed by atoms with Crippen LogP contribution in [-0.4, -0.2) is 18.4 Å². The van der Waals surface area contributed by atoms with Crippen molar-refractivity contribution < 1.29 is 9.59 Å². The van der Waals surface area contributed by atoms with E-state index in [-0.39, 0.29) is 11.8 Å². The first-order chi connectivity index (χ1) is 11.6. The molecule has 4 nitrogen and oxygen atoms in total. The Morgan fingerprint density at radius 1 is 1.00 bits per heavy atom. The average Bonchev–Trinajstić information content (AvgIpc) is 2.61. The van der Waals surface area contributed by atoms with E-state index in [0.717, 1.165) is 18.5 Å². The molecule has 0 unspecified atom stereocenters. The zero-order valence-electron chi connectivity index (χ0n) is 14.4. The number of nitrogens with one attached hydrogen (secondary N) is 1. The van der Waals surface area contributed by atoms with E-state index in [1.807, 2.05) is 44.2 Å². The highest BCUT2D eigenvalue weighted by Gasteiger charge is 2.07. The van der Waals surface area contributed by atoms with Gasteiger partial charge in [0.25, 0.3) is 0 Å². The van der Waals surface area contributed by atoms with Crippen LogP contribution >= 0.6 is 0 Å². The Morgan fingerprint density at radius 2 is 1.50 bits per heavy atom. The lowest BCUT2D eigenvalue weighted by Gasteiger charge is -2.10. The summed E-state index contributed by atoms with van der Waals surface area (Å²) >= 11 is 0. The number of nitrogens with two attached hydrogens (primary N) is 1. The van der Waals surface area contributed by atoms with Crippen molar-refractivity contribution in [3.63, 3.8) is 0 Å². The molecule has 2 amide bonds. The van der Waals surface area contributed by atoms with Crippen molar-refractivity contribution >= 4 is 11.8 Å². The van der Waals surface area contributed by atoms with E-state index in [1.165, 1.54) is 11.1 Å². The van der Waals surface area contributed by atoms with Crippen LogP contribution in [0.4, 0.5) is 0 Å². The van der Waals surface area contributed by atoms with Gasteiger partial charge in [-0.15, -0.1) is 0 Å². The van der Waals surface area contributed by atoms with E-state index in [9.17, 15) is 9.59 Å². The Bertz CT molecular complexity index is 616. The molecular weight excluding hydrogens is 300 g/mol. The van der Waals surface area contributed by atoms with Gasteiger partial charge >= 0.3 is 0 Å². The highest BCUT2D eigenvalue weighted by Crippen LogP contribution is 2.19. The standard InChI is InChI=1S/C15H15NO.C3H5NO.C2H6/c16-15(17)11-8-12-6-9-14(10-7-12)13-4-2-1-3-5-13;5-3-1-2-4-3;1-2/h1-7,9-10H,8,11H2,(H2,16,17);1-2H2,(H,4,5);1-2H3. The lowest BCUT2D eigenvalue weighted by molar-refractivity contribution is -0.125. The lowest BCUT2D eigenvalue weighted by atomic mass is 10.0. The maximum absolute atomic E-state index is 10.7. The maximum atomic E-state index is 10.7. The van der Waals surface area contributed by atoms with E-state index in [2.05, 4.69) is 29.6 Å². The van der Waals surface area contributed by atoms with Gasteiger partial charge in [0.2, 0.25) is 11.8 Å². The number of benzene rings is 2. The second-order valence-corrected chi connectivity index (χ2v) is 5.13. The van der Waals surface area contributed by atoms with E-state index in [1.54, 1.807) is 0 Å². The molecule has 0 spiro atoms. The third-order valence-electron chi connectivity index (χ3n) is 3.40. The largest absolute Gasteiger partial charge is 0.370 e. The Kier molecular flexibility index (Phi) is 8.90. The molecule has 0 bridgehead atoms. The van der Waals surface area contributed by atoms with Crippen LogP contribution in [-0.2, 0) is 16.0 Å². The third kappa shape index (κ3) is 7.09. The van der Waals surface area contributed by atoms with Crippen LogP contribution in [0.3, 0.4) is 0 Å². The predicted molar refractivity (Wildman–Crippen MR) is 98.4 cm³/mol. The Balaban J connectivity index is 0.000000346. The number of amides is 2. The first kappa shape index (κ1) is 19.4. The Labute approximate surface area is 144 Å². The topological polar surface area (TPSA) is 72.2 Å². The number of hydrogen-bond acceptors (Lipinski definition) is 2. The molecule has 0 saturated carbocycles. The molecule has 1 aliphatic heterocycles. The second-order valence-electron chi connectivity index (χ2n) is 5.13. The summed E-state index contributed by atoms with van der Waals surface area (Å²) in [4.78, 5) is 20.5. The monoisotopic (exact) mass is 326 g/mol. The van der Waals surface area contributed by atoms with E-state index in [0.29, 0.717) is 12.8 Å². The van der Waals surface area contributed by atoms with Gasteiger partial charge in [0, 0.05) is 19.4 Å². The fourth-order valence-electron chi connectivity index (χ4n) is 1.99. The normalized spacial score (nSPS) is 11.7. The van der Waals surface area contributed by atoms with Crippen molar-refractivity contribution in [2.24, 2.45) is 5.73 Å². The minimum absolute atomic E-state index is 0.185. The lowest BCUT2D eigenvalue weighted by Crippen LogP contribution is -2.37. The van der Waals surface area contributed by atoms with Gasteiger partial charge in [-0.3, -0.25) is 9.59 Å². The number of rotatable bonds is 4. The Hall–Kier alpha value is -2.62. The van der Waals surface area contributed by atoms with Crippen LogP contribution in [0.15, 0.2) is 54.6 Å². The van der Waals surface area contributed by atoms with Crippen LogP contribution < -0.4 is 11.1 Å². The minimum Gasteiger partial charge on any atom is -0.370 e. The zero-order chi connectivity index (χ0) is 17.8. The molecule has 1 heterocycles. The van der Waals surface area contributed by atoms with Gasteiger partial charge in [-0.1, -0.05) is 68.4 Å². The molecule has 0 atom stereocenters. The quantitative estimate of drug-likeness (QED) is 0.846. The molecule has 1 aliphatic rings. The van der Waals surface area contributed by atoms with Gasteiger partial charge in [0.05, 0.1) is 0 Å². The Morgan fingerprint density at radius 3 is 1.92 bits per heavy atom. The van der Waals surface area contributed by atoms with Crippen molar-refractivity contribution in [2.75, 3.05) is 6.54 Å². The van der Waals surface area contributed by atoms with Gasteiger partial charge in [-0.2, -0.15) is 0 Å². The molecule has 2 aromatic carbocycles. The number of β-lactam (4-membered cyclic amide) rings is 1. The summed E-state index contributed by atoms with van der Waals surface area (Å²) in [5.41, 5.74) is 8.66. The number of hydrogen-bond donors (Lipinski definition) is 2. The number of carbonyl (C=O) groups excluding carboxylic acids is 2. The molecule has 1 saturated heterocycles. The molecule has 4 heteroatoms. The van der Waals surface area contributed by atoms with Gasteiger partial charge in [0.1, 0.15) is 0 Å². The van der Waals surface area contributed by atoms with Crippen molar-refractivity contribution in [3.8, 4) is 11.1 Å². The summed E-state index contributed by atoms with van der Waals surface area (Å²) in [6.07, 6.45) is 1.86. The molecule has 1 fully saturated rings. The van der Waals surface area contributed by atoms with Crippen molar-refractivity contribution in [2.45, 2.75) is 33.1 Å². The fraction of sp³-hybridized carbons (Fsp3) is 0.300. The highest BCUT2D eigenvalue weighted by molar-refractivity contribution is 5.81. The molecule has 128 valence electrons. The molecule has 3 N–H and O–H groups in total. The SMILES string of the molecule is CC.NC(=O)CCc1ccc(-c2ccccc2)cc1.O=C1CCN1. The van der Waals surface area contributed by atoms with Crippen LogP contribution in [0.1, 0.15) is 32.3 Å². The average molecular weight is 326 g/mol. The predicted octanol–water partition coefficient (Wildman–Crippen LogP) is 3.30. The van der Waals surface area contributed by atoms with Crippen molar-refractivity contribution in [1.29, 1.82) is 0 Å². The molecule has 0 radical (unpaired) electrons. The summed E-state index contributed by atoms with van der Waals surface area (Å²) < 4.78 is 0. The van der Waals surface area contributed by atoms with Gasteiger partial charge in [0.15, 0.2) is 0 Å². The first-order valence-electron chi connectivity index (χ1n) is 8.34. The van der Waals surface area contributed by atoms with Crippen LogP contribution in [0, 0.1) is 0 Å². The molecule has 2 aromatic rings. The van der Waals surface area contributed by atoms with Crippen molar-refractivity contribution in [1.82, 2.24) is 5.32 Å². The summed E-state index contributed by atoms with van der Waals surface area (Å²) in [6, 6.07) is 18.5. The van der Waals surface area contributed by atoms with Gasteiger partial charge < -0.3 is 11.1 Å². The van der Waals surface area contributed by atoms with Crippen LogP contribution in [0.25, 0.3) is 11.1 Å². The number of aryl methyl sites for hydroxylation is 1. The van der Waals surface area contributed by atoms with Crippen molar-refractivity contribution in [3.05, 3.63) is 60.2 Å². The number of primary amides is 1. The van der Waals surface area contributed by atoms with Crippen LogP contribution in [0.5, 0.6) is 0 Å². The summed E-state index contributed by atoms with van der Waals surface area (Å²) in [5, 5.41) is 2.57. The minimum atomic E-state index is -0.253. The third-order valence-corrected chi connectivity index (χ3v) is 3.40. The maximum Gasteiger partial charge on any atom is 0.221 e. The van der Waals surface area contributed by atoms with E-state index >= 15 is 0 Å². The van der Waals surface area contributed by atoms with E-state index < -0.39 is 0 Å².